The Morgan fingerprint density at radius 2 is 2.32 bits per heavy atom. The number of furan rings is 1. The molecule has 0 saturated carbocycles. The topological polar surface area (TPSA) is 85.8 Å². The van der Waals surface area contributed by atoms with Crippen molar-refractivity contribution in [2.75, 3.05) is 19.7 Å². The van der Waals surface area contributed by atoms with Crippen LogP contribution in [0.3, 0.4) is 0 Å². The standard InChI is InChI=1S/C11H17BrN2O4S/c1-8-7-14(3-2-4-17-8)19(15,16)10-5-9(6-13)18-11(10)12/h5,8H,2-4,6-7,13H2,1H3. The van der Waals surface area contributed by atoms with E-state index in [4.69, 9.17) is 14.9 Å². The third-order valence-electron chi connectivity index (χ3n) is 2.94. The highest BCUT2D eigenvalue weighted by Crippen LogP contribution is 2.29. The fraction of sp³-hybridized carbons (Fsp3) is 0.636. The molecule has 1 aromatic heterocycles. The van der Waals surface area contributed by atoms with Crippen molar-refractivity contribution in [3.05, 3.63) is 16.5 Å². The molecule has 0 spiro atoms. The second-order valence-electron chi connectivity index (χ2n) is 4.45. The Kier molecular flexibility index (Phi) is 4.67. The van der Waals surface area contributed by atoms with Gasteiger partial charge in [-0.2, -0.15) is 4.31 Å². The zero-order valence-corrected chi connectivity index (χ0v) is 13.0. The lowest BCUT2D eigenvalue weighted by atomic mass is 10.4. The maximum atomic E-state index is 12.6. The first kappa shape index (κ1) is 15.0. The Morgan fingerprint density at radius 1 is 1.58 bits per heavy atom. The molecule has 0 aliphatic carbocycles. The van der Waals surface area contributed by atoms with Crippen molar-refractivity contribution < 1.29 is 17.6 Å². The largest absolute Gasteiger partial charge is 0.452 e. The van der Waals surface area contributed by atoms with Gasteiger partial charge in [0.1, 0.15) is 10.7 Å². The van der Waals surface area contributed by atoms with E-state index in [2.05, 4.69) is 15.9 Å². The van der Waals surface area contributed by atoms with Crippen LogP contribution in [0.25, 0.3) is 0 Å². The molecule has 1 fully saturated rings. The fourth-order valence-corrected chi connectivity index (χ4v) is 4.50. The van der Waals surface area contributed by atoms with Crippen LogP contribution >= 0.6 is 15.9 Å². The average molecular weight is 353 g/mol. The second-order valence-corrected chi connectivity index (χ2v) is 7.08. The molecule has 0 radical (unpaired) electrons. The van der Waals surface area contributed by atoms with E-state index < -0.39 is 10.0 Å². The van der Waals surface area contributed by atoms with E-state index in [0.29, 0.717) is 31.9 Å². The molecule has 1 atom stereocenters. The lowest BCUT2D eigenvalue weighted by Crippen LogP contribution is -2.35. The first-order chi connectivity index (χ1) is 8.95. The van der Waals surface area contributed by atoms with E-state index in [1.54, 1.807) is 0 Å². The summed E-state index contributed by atoms with van der Waals surface area (Å²) in [5, 5.41) is 0. The van der Waals surface area contributed by atoms with Gasteiger partial charge in [-0.05, 0) is 29.3 Å². The summed E-state index contributed by atoms with van der Waals surface area (Å²) in [6, 6.07) is 1.47. The molecule has 1 aliphatic rings. The molecular weight excluding hydrogens is 336 g/mol. The highest BCUT2D eigenvalue weighted by molar-refractivity contribution is 9.10. The van der Waals surface area contributed by atoms with Gasteiger partial charge < -0.3 is 14.9 Å². The smallest absolute Gasteiger partial charge is 0.247 e. The van der Waals surface area contributed by atoms with E-state index in [9.17, 15) is 8.42 Å². The number of nitrogens with two attached hydrogens (primary N) is 1. The lowest BCUT2D eigenvalue weighted by Gasteiger charge is -2.20. The molecule has 0 bridgehead atoms. The Hall–Kier alpha value is -0.410. The number of ether oxygens (including phenoxy) is 1. The molecule has 0 amide bonds. The Bertz CT molecular complexity index is 543. The number of nitrogens with zero attached hydrogens (tertiary/aromatic N) is 1. The van der Waals surface area contributed by atoms with Gasteiger partial charge in [-0.25, -0.2) is 8.42 Å². The number of hydrogen-bond acceptors (Lipinski definition) is 5. The Labute approximate surface area is 121 Å². The van der Waals surface area contributed by atoms with Crippen LogP contribution in [0.1, 0.15) is 19.1 Å². The van der Waals surface area contributed by atoms with E-state index in [1.165, 1.54) is 10.4 Å². The minimum absolute atomic E-state index is 0.114. The summed E-state index contributed by atoms with van der Waals surface area (Å²) in [5.74, 6) is 0.435. The van der Waals surface area contributed by atoms with Crippen molar-refractivity contribution in [3.8, 4) is 0 Å². The fourth-order valence-electron chi connectivity index (χ4n) is 1.99. The second kappa shape index (κ2) is 5.92. The van der Waals surface area contributed by atoms with Crippen LogP contribution in [-0.4, -0.2) is 38.5 Å². The average Bonchev–Trinajstić information content (AvgIpc) is 2.60. The predicted octanol–water partition coefficient (Wildman–Crippen LogP) is 1.30. The molecule has 8 heteroatoms. The normalized spacial score (nSPS) is 22.4. The maximum Gasteiger partial charge on any atom is 0.247 e. The number of halogens is 1. The molecular formula is C11H17BrN2O4S. The van der Waals surface area contributed by atoms with Gasteiger partial charge in [0.15, 0.2) is 4.67 Å². The van der Waals surface area contributed by atoms with Gasteiger partial charge in [-0.1, -0.05) is 0 Å². The molecule has 6 nitrogen and oxygen atoms in total. The van der Waals surface area contributed by atoms with Crippen molar-refractivity contribution in [2.24, 2.45) is 5.73 Å². The summed E-state index contributed by atoms with van der Waals surface area (Å²) in [6.07, 6.45) is 0.569. The molecule has 1 aromatic rings. The Morgan fingerprint density at radius 3 is 2.95 bits per heavy atom. The van der Waals surface area contributed by atoms with Gasteiger partial charge in [0.2, 0.25) is 10.0 Å². The third-order valence-corrected chi connectivity index (χ3v) is 5.66. The van der Waals surface area contributed by atoms with Gasteiger partial charge in [-0.3, -0.25) is 0 Å². The summed E-state index contributed by atoms with van der Waals surface area (Å²) in [4.78, 5) is 0.127. The van der Waals surface area contributed by atoms with E-state index in [0.717, 1.165) is 0 Å². The van der Waals surface area contributed by atoms with Gasteiger partial charge in [0.05, 0.1) is 12.6 Å². The van der Waals surface area contributed by atoms with Crippen LogP contribution < -0.4 is 5.73 Å². The molecule has 108 valence electrons. The van der Waals surface area contributed by atoms with Gasteiger partial charge in [-0.15, -0.1) is 0 Å². The lowest BCUT2D eigenvalue weighted by molar-refractivity contribution is 0.0752. The Balaban J connectivity index is 2.32. The summed E-state index contributed by atoms with van der Waals surface area (Å²) in [5.41, 5.74) is 5.46. The SMILES string of the molecule is CC1CN(S(=O)(=O)c2cc(CN)oc2Br)CCCO1. The van der Waals surface area contributed by atoms with Crippen molar-refractivity contribution in [1.82, 2.24) is 4.31 Å². The summed E-state index contributed by atoms with van der Waals surface area (Å²) >= 11 is 3.14. The zero-order chi connectivity index (χ0) is 14.0. The minimum Gasteiger partial charge on any atom is -0.452 e. The summed E-state index contributed by atoms with van der Waals surface area (Å²) < 4.78 is 37.5. The van der Waals surface area contributed by atoms with Gasteiger partial charge >= 0.3 is 0 Å². The van der Waals surface area contributed by atoms with Crippen LogP contribution in [0.2, 0.25) is 0 Å². The van der Waals surface area contributed by atoms with Crippen molar-refractivity contribution >= 4 is 26.0 Å². The van der Waals surface area contributed by atoms with Crippen LogP contribution in [0, 0.1) is 0 Å². The molecule has 19 heavy (non-hydrogen) atoms. The predicted molar refractivity (Wildman–Crippen MR) is 73.1 cm³/mol. The monoisotopic (exact) mass is 352 g/mol. The van der Waals surface area contributed by atoms with E-state index in [-0.39, 0.29) is 22.2 Å². The van der Waals surface area contributed by atoms with E-state index >= 15 is 0 Å². The van der Waals surface area contributed by atoms with Crippen LogP contribution in [0.5, 0.6) is 0 Å². The third kappa shape index (κ3) is 3.19. The minimum atomic E-state index is -3.58. The van der Waals surface area contributed by atoms with Crippen LogP contribution in [0.15, 0.2) is 20.0 Å². The quantitative estimate of drug-likeness (QED) is 0.885. The molecule has 2 rings (SSSR count). The highest BCUT2D eigenvalue weighted by atomic mass is 79.9. The number of hydrogen-bond donors (Lipinski definition) is 1. The van der Waals surface area contributed by atoms with Gasteiger partial charge in [0, 0.05) is 25.8 Å². The summed E-state index contributed by atoms with van der Waals surface area (Å²) in [6.45, 7) is 3.39. The molecule has 1 aliphatic heterocycles. The van der Waals surface area contributed by atoms with E-state index in [1.807, 2.05) is 6.92 Å². The number of sulfonamides is 1. The molecule has 1 unspecified atom stereocenters. The molecule has 0 aromatic carbocycles. The first-order valence-electron chi connectivity index (χ1n) is 6.05. The van der Waals surface area contributed by atoms with Crippen molar-refractivity contribution in [3.63, 3.8) is 0 Å². The first-order valence-corrected chi connectivity index (χ1v) is 8.28. The van der Waals surface area contributed by atoms with Crippen LogP contribution in [0.4, 0.5) is 0 Å². The number of rotatable bonds is 3. The summed E-state index contributed by atoms with van der Waals surface area (Å²) in [7, 11) is -3.58. The van der Waals surface area contributed by atoms with Gasteiger partial charge in [0.25, 0.3) is 0 Å². The van der Waals surface area contributed by atoms with Crippen molar-refractivity contribution in [1.29, 1.82) is 0 Å². The molecule has 2 heterocycles. The molecule has 1 saturated heterocycles. The molecule has 2 N–H and O–H groups in total. The maximum absolute atomic E-state index is 12.6. The van der Waals surface area contributed by atoms with Crippen LogP contribution in [-0.2, 0) is 21.3 Å². The highest BCUT2D eigenvalue weighted by Gasteiger charge is 2.31. The van der Waals surface area contributed by atoms with Crippen molar-refractivity contribution in [2.45, 2.75) is 30.9 Å². The zero-order valence-electron chi connectivity index (χ0n) is 10.6.